The van der Waals surface area contributed by atoms with Crippen molar-refractivity contribution in [2.75, 3.05) is 19.6 Å². The number of halogens is 2. The number of amides is 2. The fraction of sp³-hybridized carbons (Fsp3) is 0.333. The summed E-state index contributed by atoms with van der Waals surface area (Å²) in [5.41, 5.74) is 2.83. The Hall–Kier alpha value is -2.40. The summed E-state index contributed by atoms with van der Waals surface area (Å²) >= 11 is 6.02. The molecule has 0 aliphatic carbocycles. The SMILES string of the molecule is Cc1cccc(CN2CCN(C(=O)Cc3ccc(F)cc3Cl)CCC2=O)c1. The van der Waals surface area contributed by atoms with Crippen molar-refractivity contribution in [3.8, 4) is 0 Å². The second-order valence-electron chi connectivity index (χ2n) is 6.85. The number of rotatable bonds is 4. The molecule has 2 amide bonds. The van der Waals surface area contributed by atoms with Crippen molar-refractivity contribution in [1.82, 2.24) is 9.80 Å². The van der Waals surface area contributed by atoms with Crippen LogP contribution in [-0.2, 0) is 22.6 Å². The van der Waals surface area contributed by atoms with Gasteiger partial charge in [0.15, 0.2) is 0 Å². The molecule has 0 saturated carbocycles. The van der Waals surface area contributed by atoms with E-state index in [1.54, 1.807) is 9.80 Å². The van der Waals surface area contributed by atoms with E-state index in [0.29, 0.717) is 38.2 Å². The molecule has 0 radical (unpaired) electrons. The number of aryl methyl sites for hydroxylation is 1. The maximum atomic E-state index is 13.2. The molecule has 3 rings (SSSR count). The second-order valence-corrected chi connectivity index (χ2v) is 7.25. The Balaban J connectivity index is 1.62. The van der Waals surface area contributed by atoms with E-state index in [0.717, 1.165) is 11.1 Å². The molecular formula is C21H22ClFN2O2. The molecule has 27 heavy (non-hydrogen) atoms. The summed E-state index contributed by atoms with van der Waals surface area (Å²) in [5, 5.41) is 0.246. The topological polar surface area (TPSA) is 40.6 Å². The number of hydrogen-bond acceptors (Lipinski definition) is 2. The van der Waals surface area contributed by atoms with Crippen molar-refractivity contribution >= 4 is 23.4 Å². The molecule has 0 bridgehead atoms. The first kappa shape index (κ1) is 19.4. The van der Waals surface area contributed by atoms with Gasteiger partial charge in [-0.3, -0.25) is 9.59 Å². The summed E-state index contributed by atoms with van der Waals surface area (Å²) in [6, 6.07) is 12.1. The highest BCUT2D eigenvalue weighted by Gasteiger charge is 2.24. The predicted molar refractivity (Wildman–Crippen MR) is 103 cm³/mol. The lowest BCUT2D eigenvalue weighted by Gasteiger charge is -2.22. The van der Waals surface area contributed by atoms with Crippen molar-refractivity contribution in [2.45, 2.75) is 26.3 Å². The van der Waals surface area contributed by atoms with Gasteiger partial charge in [0.2, 0.25) is 11.8 Å². The van der Waals surface area contributed by atoms with Gasteiger partial charge >= 0.3 is 0 Å². The highest BCUT2D eigenvalue weighted by Crippen LogP contribution is 2.19. The Kier molecular flexibility index (Phi) is 6.11. The zero-order valence-corrected chi connectivity index (χ0v) is 16.0. The standard InChI is InChI=1S/C21H22ClFN2O2/c1-15-3-2-4-16(11-15)14-25-10-9-24(8-7-20(25)26)21(27)12-17-5-6-18(23)13-19(17)22/h2-6,11,13H,7-10,12,14H2,1H3. The number of carbonyl (C=O) groups excluding carboxylic acids is 2. The van der Waals surface area contributed by atoms with Gasteiger partial charge in [0.05, 0.1) is 6.42 Å². The van der Waals surface area contributed by atoms with Gasteiger partial charge < -0.3 is 9.80 Å². The van der Waals surface area contributed by atoms with E-state index in [1.165, 1.54) is 18.2 Å². The third-order valence-corrected chi connectivity index (χ3v) is 5.11. The lowest BCUT2D eigenvalue weighted by molar-refractivity contribution is -0.130. The Morgan fingerprint density at radius 3 is 2.70 bits per heavy atom. The van der Waals surface area contributed by atoms with Crippen LogP contribution < -0.4 is 0 Å². The Morgan fingerprint density at radius 2 is 1.96 bits per heavy atom. The quantitative estimate of drug-likeness (QED) is 0.803. The summed E-state index contributed by atoms with van der Waals surface area (Å²) in [5.74, 6) is -0.483. The zero-order valence-electron chi connectivity index (χ0n) is 15.3. The van der Waals surface area contributed by atoms with E-state index in [2.05, 4.69) is 6.07 Å². The molecule has 0 unspecified atom stereocenters. The molecule has 4 nitrogen and oxygen atoms in total. The minimum Gasteiger partial charge on any atom is -0.340 e. The van der Waals surface area contributed by atoms with Crippen LogP contribution in [0.15, 0.2) is 42.5 Å². The summed E-state index contributed by atoms with van der Waals surface area (Å²) in [7, 11) is 0. The van der Waals surface area contributed by atoms with Gasteiger partial charge in [-0.05, 0) is 30.2 Å². The van der Waals surface area contributed by atoms with Gasteiger partial charge in [0, 0.05) is 37.6 Å². The summed E-state index contributed by atoms with van der Waals surface area (Å²) in [6.07, 6.45) is 0.403. The molecule has 142 valence electrons. The van der Waals surface area contributed by atoms with Crippen LogP contribution in [0.25, 0.3) is 0 Å². The fourth-order valence-corrected chi connectivity index (χ4v) is 3.49. The van der Waals surface area contributed by atoms with Crippen molar-refractivity contribution < 1.29 is 14.0 Å². The fourth-order valence-electron chi connectivity index (χ4n) is 3.25. The molecule has 1 heterocycles. The molecule has 1 saturated heterocycles. The molecular weight excluding hydrogens is 367 g/mol. The van der Waals surface area contributed by atoms with E-state index < -0.39 is 5.82 Å². The minimum absolute atomic E-state index is 0.0478. The molecule has 1 fully saturated rings. The van der Waals surface area contributed by atoms with Gasteiger partial charge in [-0.25, -0.2) is 4.39 Å². The largest absolute Gasteiger partial charge is 0.340 e. The summed E-state index contributed by atoms with van der Waals surface area (Å²) in [6.45, 7) is 3.94. The van der Waals surface area contributed by atoms with Crippen LogP contribution in [-0.4, -0.2) is 41.2 Å². The highest BCUT2D eigenvalue weighted by molar-refractivity contribution is 6.31. The highest BCUT2D eigenvalue weighted by atomic mass is 35.5. The lowest BCUT2D eigenvalue weighted by Crippen LogP contribution is -2.36. The monoisotopic (exact) mass is 388 g/mol. The van der Waals surface area contributed by atoms with Crippen LogP contribution in [0, 0.1) is 12.7 Å². The van der Waals surface area contributed by atoms with Crippen LogP contribution in [0.2, 0.25) is 5.02 Å². The third-order valence-electron chi connectivity index (χ3n) is 4.75. The zero-order chi connectivity index (χ0) is 19.4. The van der Waals surface area contributed by atoms with Gasteiger partial charge in [-0.1, -0.05) is 47.5 Å². The van der Waals surface area contributed by atoms with Crippen LogP contribution in [0.5, 0.6) is 0 Å². The van der Waals surface area contributed by atoms with Crippen molar-refractivity contribution in [3.63, 3.8) is 0 Å². The normalized spacial score (nSPS) is 15.0. The van der Waals surface area contributed by atoms with Crippen molar-refractivity contribution in [1.29, 1.82) is 0 Å². The van der Waals surface area contributed by atoms with Crippen LogP contribution in [0.4, 0.5) is 4.39 Å². The third kappa shape index (κ3) is 5.07. The van der Waals surface area contributed by atoms with Crippen LogP contribution in [0.1, 0.15) is 23.1 Å². The Bertz CT molecular complexity index is 856. The minimum atomic E-state index is -0.427. The first-order chi connectivity index (χ1) is 12.9. The van der Waals surface area contributed by atoms with Gasteiger partial charge in [-0.2, -0.15) is 0 Å². The number of nitrogens with zero attached hydrogens (tertiary/aromatic N) is 2. The lowest BCUT2D eigenvalue weighted by atomic mass is 10.1. The molecule has 6 heteroatoms. The number of hydrogen-bond donors (Lipinski definition) is 0. The first-order valence-electron chi connectivity index (χ1n) is 8.97. The van der Waals surface area contributed by atoms with E-state index in [1.807, 2.05) is 25.1 Å². The molecule has 1 aliphatic rings. The van der Waals surface area contributed by atoms with Gasteiger partial charge in [0.25, 0.3) is 0 Å². The number of carbonyl (C=O) groups is 2. The van der Waals surface area contributed by atoms with E-state index >= 15 is 0 Å². The summed E-state index contributed by atoms with van der Waals surface area (Å²) < 4.78 is 13.2. The Morgan fingerprint density at radius 1 is 1.15 bits per heavy atom. The molecule has 0 N–H and O–H groups in total. The predicted octanol–water partition coefficient (Wildman–Crippen LogP) is 3.59. The average Bonchev–Trinajstić information content (AvgIpc) is 2.80. The van der Waals surface area contributed by atoms with E-state index in [9.17, 15) is 14.0 Å². The average molecular weight is 389 g/mol. The molecule has 2 aromatic rings. The number of benzene rings is 2. The van der Waals surface area contributed by atoms with E-state index in [4.69, 9.17) is 11.6 Å². The maximum absolute atomic E-state index is 13.2. The first-order valence-corrected chi connectivity index (χ1v) is 9.35. The van der Waals surface area contributed by atoms with Crippen molar-refractivity contribution in [3.05, 3.63) is 70.0 Å². The molecule has 1 aliphatic heterocycles. The van der Waals surface area contributed by atoms with Crippen molar-refractivity contribution in [2.24, 2.45) is 0 Å². The molecule has 2 aromatic carbocycles. The van der Waals surface area contributed by atoms with Crippen LogP contribution in [0.3, 0.4) is 0 Å². The summed E-state index contributed by atoms with van der Waals surface area (Å²) in [4.78, 5) is 28.6. The molecule has 0 aromatic heterocycles. The smallest absolute Gasteiger partial charge is 0.227 e. The van der Waals surface area contributed by atoms with E-state index in [-0.39, 0.29) is 23.3 Å². The Labute approximate surface area is 163 Å². The molecule has 0 spiro atoms. The molecule has 0 atom stereocenters. The van der Waals surface area contributed by atoms with Gasteiger partial charge in [-0.15, -0.1) is 0 Å². The van der Waals surface area contributed by atoms with Crippen LogP contribution >= 0.6 is 11.6 Å². The maximum Gasteiger partial charge on any atom is 0.227 e. The second kappa shape index (κ2) is 8.53. The van der Waals surface area contributed by atoms with Gasteiger partial charge in [0.1, 0.15) is 5.82 Å².